The van der Waals surface area contributed by atoms with Crippen molar-refractivity contribution in [1.29, 1.82) is 5.26 Å². The molecular formula is C15H12Cl2N2. The zero-order chi connectivity index (χ0) is 13.7. The Balaban J connectivity index is 2.07. The number of nitrogens with one attached hydrogen (secondary N) is 1. The summed E-state index contributed by atoms with van der Waals surface area (Å²) in [5.74, 6) is -0.215. The third-order valence-corrected chi connectivity index (χ3v) is 3.33. The molecule has 0 aliphatic heterocycles. The summed E-state index contributed by atoms with van der Waals surface area (Å²) in [4.78, 5) is 0. The Morgan fingerprint density at radius 2 is 1.84 bits per heavy atom. The molecular weight excluding hydrogens is 279 g/mol. The van der Waals surface area contributed by atoms with Gasteiger partial charge in [-0.1, -0.05) is 53.5 Å². The molecule has 0 fully saturated rings. The van der Waals surface area contributed by atoms with Crippen LogP contribution >= 0.6 is 23.2 Å². The zero-order valence-electron chi connectivity index (χ0n) is 10.1. The van der Waals surface area contributed by atoms with Crippen molar-refractivity contribution >= 4 is 28.9 Å². The van der Waals surface area contributed by atoms with Crippen LogP contribution in [-0.2, 0) is 0 Å². The summed E-state index contributed by atoms with van der Waals surface area (Å²) in [6, 6.07) is 17.2. The number of benzene rings is 2. The molecule has 0 radical (unpaired) electrons. The van der Waals surface area contributed by atoms with Crippen LogP contribution in [0.25, 0.3) is 0 Å². The van der Waals surface area contributed by atoms with E-state index in [1.165, 1.54) is 0 Å². The van der Waals surface area contributed by atoms with Gasteiger partial charge in [-0.05, 0) is 23.8 Å². The summed E-state index contributed by atoms with van der Waals surface area (Å²) in [7, 11) is 0. The van der Waals surface area contributed by atoms with Gasteiger partial charge in [0.25, 0.3) is 0 Å². The summed E-state index contributed by atoms with van der Waals surface area (Å²) in [5, 5.41) is 13.5. The highest BCUT2D eigenvalue weighted by Gasteiger charge is 2.10. The van der Waals surface area contributed by atoms with Crippen LogP contribution in [0.2, 0.25) is 10.0 Å². The molecule has 0 amide bonds. The van der Waals surface area contributed by atoms with Gasteiger partial charge in [-0.25, -0.2) is 0 Å². The number of nitriles is 1. The van der Waals surface area contributed by atoms with Gasteiger partial charge in [-0.15, -0.1) is 0 Å². The number of rotatable bonds is 4. The Labute approximate surface area is 122 Å². The van der Waals surface area contributed by atoms with Gasteiger partial charge < -0.3 is 5.32 Å². The molecule has 96 valence electrons. The fraction of sp³-hybridized carbons (Fsp3) is 0.133. The zero-order valence-corrected chi connectivity index (χ0v) is 11.6. The molecule has 1 unspecified atom stereocenters. The van der Waals surface area contributed by atoms with Crippen LogP contribution in [0.3, 0.4) is 0 Å². The number of anilines is 1. The largest absolute Gasteiger partial charge is 0.382 e. The van der Waals surface area contributed by atoms with Crippen molar-refractivity contribution in [2.45, 2.75) is 5.92 Å². The SMILES string of the molecule is N#CC(CNc1ccc(Cl)cc1Cl)c1ccccc1. The Hall–Kier alpha value is -1.69. The lowest BCUT2D eigenvalue weighted by molar-refractivity contribution is 0.901. The first-order chi connectivity index (χ1) is 9.20. The van der Waals surface area contributed by atoms with Gasteiger partial charge in [-0.3, -0.25) is 0 Å². The van der Waals surface area contributed by atoms with Gasteiger partial charge in [0.1, 0.15) is 0 Å². The van der Waals surface area contributed by atoms with Crippen molar-refractivity contribution in [1.82, 2.24) is 0 Å². The van der Waals surface area contributed by atoms with Crippen LogP contribution in [0.15, 0.2) is 48.5 Å². The number of hydrogen-bond donors (Lipinski definition) is 1. The van der Waals surface area contributed by atoms with Crippen LogP contribution in [-0.4, -0.2) is 6.54 Å². The molecule has 2 aromatic carbocycles. The molecule has 0 aromatic heterocycles. The first-order valence-electron chi connectivity index (χ1n) is 5.84. The molecule has 0 aliphatic rings. The monoisotopic (exact) mass is 290 g/mol. The maximum Gasteiger partial charge on any atom is 0.0885 e. The second kappa shape index (κ2) is 6.47. The van der Waals surface area contributed by atoms with E-state index in [4.69, 9.17) is 23.2 Å². The van der Waals surface area contributed by atoms with E-state index in [0.717, 1.165) is 11.3 Å². The molecule has 0 spiro atoms. The second-order valence-corrected chi connectivity index (χ2v) is 4.94. The molecule has 0 saturated carbocycles. The molecule has 0 heterocycles. The van der Waals surface area contributed by atoms with Crippen LogP contribution in [0, 0.1) is 11.3 Å². The van der Waals surface area contributed by atoms with E-state index < -0.39 is 0 Å². The Bertz CT molecular complexity index is 591. The Kier molecular flexibility index (Phi) is 4.68. The molecule has 0 aliphatic carbocycles. The van der Waals surface area contributed by atoms with Gasteiger partial charge in [0.2, 0.25) is 0 Å². The van der Waals surface area contributed by atoms with Crippen molar-refractivity contribution in [2.24, 2.45) is 0 Å². The molecule has 19 heavy (non-hydrogen) atoms. The van der Waals surface area contributed by atoms with Crippen molar-refractivity contribution in [3.05, 3.63) is 64.1 Å². The van der Waals surface area contributed by atoms with Crippen molar-refractivity contribution in [3.8, 4) is 6.07 Å². The van der Waals surface area contributed by atoms with Gasteiger partial charge in [0.15, 0.2) is 0 Å². The van der Waals surface area contributed by atoms with E-state index in [1.54, 1.807) is 12.1 Å². The Morgan fingerprint density at radius 3 is 2.47 bits per heavy atom. The van der Waals surface area contributed by atoms with E-state index >= 15 is 0 Å². The summed E-state index contributed by atoms with van der Waals surface area (Å²) < 4.78 is 0. The average Bonchev–Trinajstić information content (AvgIpc) is 2.43. The smallest absolute Gasteiger partial charge is 0.0885 e. The topological polar surface area (TPSA) is 35.8 Å². The van der Waals surface area contributed by atoms with Gasteiger partial charge in [0, 0.05) is 11.6 Å². The third kappa shape index (κ3) is 3.64. The summed E-state index contributed by atoms with van der Waals surface area (Å²) in [6.07, 6.45) is 0. The van der Waals surface area contributed by atoms with E-state index in [0.29, 0.717) is 16.6 Å². The lowest BCUT2D eigenvalue weighted by atomic mass is 10.0. The molecule has 2 rings (SSSR count). The highest BCUT2D eigenvalue weighted by Crippen LogP contribution is 2.26. The minimum Gasteiger partial charge on any atom is -0.382 e. The number of halogens is 2. The standard InChI is InChI=1S/C15H12Cl2N2/c16-13-6-7-15(14(17)8-13)19-10-12(9-18)11-4-2-1-3-5-11/h1-8,12,19H,10H2. The third-order valence-electron chi connectivity index (χ3n) is 2.79. The highest BCUT2D eigenvalue weighted by molar-refractivity contribution is 6.36. The highest BCUT2D eigenvalue weighted by atomic mass is 35.5. The van der Waals surface area contributed by atoms with E-state index in [1.807, 2.05) is 36.4 Å². The molecule has 1 atom stereocenters. The lowest BCUT2D eigenvalue weighted by Crippen LogP contribution is -2.11. The van der Waals surface area contributed by atoms with Crippen LogP contribution in [0.5, 0.6) is 0 Å². The van der Waals surface area contributed by atoms with E-state index in [2.05, 4.69) is 11.4 Å². The van der Waals surface area contributed by atoms with Gasteiger partial charge >= 0.3 is 0 Å². The quantitative estimate of drug-likeness (QED) is 0.885. The van der Waals surface area contributed by atoms with Crippen molar-refractivity contribution < 1.29 is 0 Å². The summed E-state index contributed by atoms with van der Waals surface area (Å²) in [6.45, 7) is 0.502. The molecule has 0 bridgehead atoms. The predicted molar refractivity (Wildman–Crippen MR) is 79.7 cm³/mol. The number of hydrogen-bond acceptors (Lipinski definition) is 2. The van der Waals surface area contributed by atoms with Crippen molar-refractivity contribution in [2.75, 3.05) is 11.9 Å². The normalized spacial score (nSPS) is 11.6. The Morgan fingerprint density at radius 1 is 1.11 bits per heavy atom. The number of nitrogens with zero attached hydrogens (tertiary/aromatic N) is 1. The molecule has 0 saturated heterocycles. The minimum absolute atomic E-state index is 0.215. The molecule has 2 aromatic rings. The van der Waals surface area contributed by atoms with Gasteiger partial charge in [-0.2, -0.15) is 5.26 Å². The predicted octanol–water partition coefficient (Wildman–Crippen LogP) is 4.71. The van der Waals surface area contributed by atoms with Crippen LogP contribution in [0.1, 0.15) is 11.5 Å². The maximum absolute atomic E-state index is 9.23. The summed E-state index contributed by atoms with van der Waals surface area (Å²) in [5.41, 5.74) is 1.77. The first-order valence-corrected chi connectivity index (χ1v) is 6.60. The van der Waals surface area contributed by atoms with Crippen LogP contribution in [0.4, 0.5) is 5.69 Å². The average molecular weight is 291 g/mol. The van der Waals surface area contributed by atoms with Crippen LogP contribution < -0.4 is 5.32 Å². The van der Waals surface area contributed by atoms with Crippen molar-refractivity contribution in [3.63, 3.8) is 0 Å². The van der Waals surface area contributed by atoms with E-state index in [-0.39, 0.29) is 5.92 Å². The maximum atomic E-state index is 9.23. The van der Waals surface area contributed by atoms with Gasteiger partial charge in [0.05, 0.1) is 22.7 Å². The molecule has 2 nitrogen and oxygen atoms in total. The second-order valence-electron chi connectivity index (χ2n) is 4.10. The minimum atomic E-state index is -0.215. The lowest BCUT2D eigenvalue weighted by Gasteiger charge is -2.13. The molecule has 4 heteroatoms. The first kappa shape index (κ1) is 13.7. The fourth-order valence-electron chi connectivity index (χ4n) is 1.77. The fourth-order valence-corrected chi connectivity index (χ4v) is 2.24. The summed E-state index contributed by atoms with van der Waals surface area (Å²) >= 11 is 11.9. The van der Waals surface area contributed by atoms with E-state index in [9.17, 15) is 5.26 Å². The molecule has 1 N–H and O–H groups in total.